The maximum Gasteiger partial charge on any atom is 0.338 e. The fourth-order valence-corrected chi connectivity index (χ4v) is 3.61. The second-order valence-electron chi connectivity index (χ2n) is 7.71. The molecule has 0 spiro atoms. The number of anilines is 1. The number of carbonyl (C=O) groups excluding carboxylic acids is 1. The molecule has 1 saturated heterocycles. The summed E-state index contributed by atoms with van der Waals surface area (Å²) in [6.45, 7) is 6.38. The van der Waals surface area contributed by atoms with Gasteiger partial charge in [-0.15, -0.1) is 0 Å². The van der Waals surface area contributed by atoms with Gasteiger partial charge in [0.25, 0.3) is 0 Å². The number of carbonyl (C=O) groups is 1. The van der Waals surface area contributed by atoms with Gasteiger partial charge in [-0.05, 0) is 55.8 Å². The number of ether oxygens (including phenoxy) is 2. The molecule has 1 aliphatic rings. The molecule has 1 aromatic heterocycles. The number of hydrogen-bond acceptors (Lipinski definition) is 6. The van der Waals surface area contributed by atoms with E-state index in [0.717, 1.165) is 18.4 Å². The normalized spacial score (nSPS) is 16.5. The van der Waals surface area contributed by atoms with Crippen molar-refractivity contribution in [3.63, 3.8) is 0 Å². The van der Waals surface area contributed by atoms with Crippen molar-refractivity contribution in [2.45, 2.75) is 32.7 Å². The molecular formula is C24H26FN3O3. The molecule has 7 heteroatoms. The molecule has 0 amide bonds. The maximum atomic E-state index is 13.5. The fraction of sp³-hybridized carbons (Fsp3) is 0.375. The summed E-state index contributed by atoms with van der Waals surface area (Å²) in [4.78, 5) is 24.3. The minimum Gasteiger partial charge on any atom is -0.462 e. The van der Waals surface area contributed by atoms with Crippen molar-refractivity contribution in [2.75, 3.05) is 31.3 Å². The lowest BCUT2D eigenvalue weighted by molar-refractivity contribution is 0.0500. The van der Waals surface area contributed by atoms with Crippen molar-refractivity contribution in [3.05, 3.63) is 53.8 Å². The maximum absolute atomic E-state index is 13.5. The second kappa shape index (κ2) is 9.39. The predicted molar refractivity (Wildman–Crippen MR) is 118 cm³/mol. The molecule has 2 aromatic carbocycles. The Hall–Kier alpha value is -3.06. The Morgan fingerprint density at radius 3 is 2.74 bits per heavy atom. The van der Waals surface area contributed by atoms with Gasteiger partial charge in [0.1, 0.15) is 11.5 Å². The largest absolute Gasteiger partial charge is 0.462 e. The summed E-state index contributed by atoms with van der Waals surface area (Å²) in [5, 5.41) is 0. The Kier molecular flexibility index (Phi) is 6.42. The number of morpholine rings is 1. The Labute approximate surface area is 181 Å². The van der Waals surface area contributed by atoms with E-state index in [2.05, 4.69) is 11.8 Å². The van der Waals surface area contributed by atoms with Crippen LogP contribution >= 0.6 is 0 Å². The molecule has 162 valence electrons. The van der Waals surface area contributed by atoms with Crippen LogP contribution in [0.3, 0.4) is 0 Å². The van der Waals surface area contributed by atoms with Gasteiger partial charge in [-0.3, -0.25) is 0 Å². The highest BCUT2D eigenvalue weighted by molar-refractivity contribution is 5.94. The van der Waals surface area contributed by atoms with E-state index in [1.807, 2.05) is 6.92 Å². The van der Waals surface area contributed by atoms with E-state index in [1.54, 1.807) is 30.3 Å². The van der Waals surface area contributed by atoms with Gasteiger partial charge in [0.05, 0.1) is 42.5 Å². The van der Waals surface area contributed by atoms with Crippen molar-refractivity contribution in [1.29, 1.82) is 0 Å². The number of benzene rings is 2. The third-order valence-corrected chi connectivity index (χ3v) is 5.37. The molecule has 1 atom stereocenters. The highest BCUT2D eigenvalue weighted by Gasteiger charge is 2.25. The van der Waals surface area contributed by atoms with E-state index in [1.165, 1.54) is 12.1 Å². The summed E-state index contributed by atoms with van der Waals surface area (Å²) in [6, 6.07) is 11.6. The fourth-order valence-electron chi connectivity index (χ4n) is 3.61. The van der Waals surface area contributed by atoms with Crippen LogP contribution in [0.2, 0.25) is 0 Å². The van der Waals surface area contributed by atoms with E-state index < -0.39 is 0 Å². The van der Waals surface area contributed by atoms with Crippen LogP contribution in [-0.4, -0.2) is 48.3 Å². The number of unbranched alkanes of at least 4 members (excludes halogenated alkanes) is 1. The van der Waals surface area contributed by atoms with Gasteiger partial charge in [-0.25, -0.2) is 19.2 Å². The van der Waals surface area contributed by atoms with Crippen molar-refractivity contribution in [3.8, 4) is 11.3 Å². The van der Waals surface area contributed by atoms with Gasteiger partial charge in [-0.2, -0.15) is 0 Å². The molecule has 4 rings (SSSR count). The third-order valence-electron chi connectivity index (χ3n) is 5.37. The molecule has 2 heterocycles. The Balaban J connectivity index is 1.78. The zero-order valence-electron chi connectivity index (χ0n) is 17.8. The molecule has 0 radical (unpaired) electrons. The van der Waals surface area contributed by atoms with E-state index in [9.17, 15) is 9.18 Å². The van der Waals surface area contributed by atoms with Crippen LogP contribution in [0.4, 0.5) is 10.2 Å². The zero-order valence-corrected chi connectivity index (χ0v) is 17.8. The molecule has 6 nitrogen and oxygen atoms in total. The lowest BCUT2D eigenvalue weighted by atomic mass is 10.1. The Bertz CT molecular complexity index is 1070. The van der Waals surface area contributed by atoms with Crippen LogP contribution in [0, 0.1) is 5.82 Å². The first-order valence-corrected chi connectivity index (χ1v) is 10.7. The zero-order chi connectivity index (χ0) is 21.8. The summed E-state index contributed by atoms with van der Waals surface area (Å²) < 4.78 is 24.4. The summed E-state index contributed by atoms with van der Waals surface area (Å²) in [5.74, 6) is 0.0393. The molecule has 0 saturated carbocycles. The molecule has 0 N–H and O–H groups in total. The number of rotatable bonds is 6. The molecule has 3 aromatic rings. The minimum absolute atomic E-state index is 0.113. The predicted octanol–water partition coefficient (Wildman–Crippen LogP) is 4.62. The number of nitrogens with zero attached hydrogens (tertiary/aromatic N) is 3. The summed E-state index contributed by atoms with van der Waals surface area (Å²) in [6.07, 6.45) is 1.79. The first kappa shape index (κ1) is 21.2. The Morgan fingerprint density at radius 1 is 1.19 bits per heavy atom. The number of halogens is 1. The second-order valence-corrected chi connectivity index (χ2v) is 7.71. The molecule has 0 bridgehead atoms. The average Bonchev–Trinajstić information content (AvgIpc) is 2.79. The smallest absolute Gasteiger partial charge is 0.338 e. The van der Waals surface area contributed by atoms with Gasteiger partial charge in [0, 0.05) is 12.1 Å². The summed E-state index contributed by atoms with van der Waals surface area (Å²) in [7, 11) is 0. The molecule has 0 unspecified atom stereocenters. The van der Waals surface area contributed by atoms with Gasteiger partial charge >= 0.3 is 5.97 Å². The first-order chi connectivity index (χ1) is 15.1. The van der Waals surface area contributed by atoms with Crippen molar-refractivity contribution in [1.82, 2.24) is 9.97 Å². The monoisotopic (exact) mass is 423 g/mol. The summed E-state index contributed by atoms with van der Waals surface area (Å²) >= 11 is 0. The SMILES string of the molecule is CCCCOC(=O)c1ccc2nc(-c3ccc(F)cc3)c(N3CCOC[C@@H]3C)nc2c1. The van der Waals surface area contributed by atoms with Crippen LogP contribution in [0.5, 0.6) is 0 Å². The highest BCUT2D eigenvalue weighted by atomic mass is 19.1. The van der Waals surface area contributed by atoms with E-state index in [4.69, 9.17) is 19.4 Å². The van der Waals surface area contributed by atoms with E-state index in [0.29, 0.717) is 54.5 Å². The molecule has 0 aliphatic carbocycles. The topological polar surface area (TPSA) is 64.5 Å². The molecule has 1 aliphatic heterocycles. The molecular weight excluding hydrogens is 397 g/mol. The molecule has 31 heavy (non-hydrogen) atoms. The first-order valence-electron chi connectivity index (χ1n) is 10.7. The van der Waals surface area contributed by atoms with Gasteiger partial charge < -0.3 is 14.4 Å². The third kappa shape index (κ3) is 4.66. The van der Waals surface area contributed by atoms with Crippen LogP contribution in [0.15, 0.2) is 42.5 Å². The van der Waals surface area contributed by atoms with Crippen LogP contribution in [0.25, 0.3) is 22.3 Å². The average molecular weight is 423 g/mol. The quantitative estimate of drug-likeness (QED) is 0.426. The van der Waals surface area contributed by atoms with Crippen molar-refractivity contribution < 1.29 is 18.7 Å². The van der Waals surface area contributed by atoms with Gasteiger partial charge in [0.15, 0.2) is 5.82 Å². The highest BCUT2D eigenvalue weighted by Crippen LogP contribution is 2.32. The minimum atomic E-state index is -0.360. The number of esters is 1. The van der Waals surface area contributed by atoms with Gasteiger partial charge in [0.2, 0.25) is 0 Å². The lowest BCUT2D eigenvalue weighted by Crippen LogP contribution is -2.44. The van der Waals surface area contributed by atoms with Crippen molar-refractivity contribution >= 4 is 22.8 Å². The van der Waals surface area contributed by atoms with E-state index >= 15 is 0 Å². The van der Waals surface area contributed by atoms with Gasteiger partial charge in [-0.1, -0.05) is 13.3 Å². The van der Waals surface area contributed by atoms with Crippen LogP contribution in [-0.2, 0) is 9.47 Å². The van der Waals surface area contributed by atoms with Crippen LogP contribution < -0.4 is 4.90 Å². The number of hydrogen-bond donors (Lipinski definition) is 0. The van der Waals surface area contributed by atoms with Crippen molar-refractivity contribution in [2.24, 2.45) is 0 Å². The summed E-state index contributed by atoms with van der Waals surface area (Å²) in [5.41, 5.74) is 3.19. The molecule has 1 fully saturated rings. The van der Waals surface area contributed by atoms with E-state index in [-0.39, 0.29) is 17.8 Å². The number of fused-ring (bicyclic) bond motifs is 1. The lowest BCUT2D eigenvalue weighted by Gasteiger charge is -2.35. The standard InChI is InChI=1S/C24H26FN3O3/c1-3-4-12-31-24(29)18-7-10-20-21(14-18)27-23(28-11-13-30-15-16(28)2)22(26-20)17-5-8-19(25)9-6-17/h5-10,14,16H,3-4,11-13,15H2,1-2H3/t16-/m0/s1. The Morgan fingerprint density at radius 2 is 2.00 bits per heavy atom. The number of aromatic nitrogens is 2. The van der Waals surface area contributed by atoms with Crippen LogP contribution in [0.1, 0.15) is 37.0 Å².